The van der Waals surface area contributed by atoms with Crippen molar-refractivity contribution in [3.05, 3.63) is 66.2 Å². The fourth-order valence-corrected chi connectivity index (χ4v) is 5.88. The minimum Gasteiger partial charge on any atom is -0.426 e. The molecular formula is C27H24N2O5. The number of esters is 1. The molecule has 3 amide bonds. The number of ether oxygens (including phenoxy) is 1. The highest BCUT2D eigenvalue weighted by Crippen LogP contribution is 2.53. The van der Waals surface area contributed by atoms with Crippen LogP contribution in [0.4, 0.5) is 11.4 Å². The van der Waals surface area contributed by atoms with Crippen LogP contribution in [0.3, 0.4) is 0 Å². The average Bonchev–Trinajstić information content (AvgIpc) is 3.58. The van der Waals surface area contributed by atoms with E-state index in [4.69, 9.17) is 4.74 Å². The SMILES string of the molecule is Cc1ccc(N2C[C@H](C(=O)Oc3cccc(N4C(=O)[C@@H]5[C@@H](C4=O)[C@H]4C=C[C@H]5C4)c3)CC2=O)cc1. The summed E-state index contributed by atoms with van der Waals surface area (Å²) >= 11 is 0. The number of rotatable bonds is 4. The molecule has 6 rings (SSSR count). The van der Waals surface area contributed by atoms with Crippen LogP contribution in [0.15, 0.2) is 60.7 Å². The smallest absolute Gasteiger partial charge is 0.316 e. The van der Waals surface area contributed by atoms with E-state index in [1.165, 1.54) is 4.90 Å². The standard InChI is InChI=1S/C27H24N2O5/c1-15-5-9-19(10-6-15)28-14-18(12-22(28)30)27(33)34-21-4-2-3-20(13-21)29-25(31)23-16-7-8-17(11-16)24(23)26(29)32/h2-10,13,16-18,23-24H,11-12,14H2,1H3/t16-,17-,18+,23-,24-/m0/s1. The predicted molar refractivity (Wildman–Crippen MR) is 124 cm³/mol. The Bertz CT molecular complexity index is 1220. The fraction of sp³-hybridized carbons (Fsp3) is 0.333. The molecule has 2 heterocycles. The Morgan fingerprint density at radius 1 is 0.912 bits per heavy atom. The first kappa shape index (κ1) is 20.8. The fourth-order valence-electron chi connectivity index (χ4n) is 5.88. The summed E-state index contributed by atoms with van der Waals surface area (Å²) in [5.74, 6) is -1.62. The van der Waals surface area contributed by atoms with Crippen LogP contribution in [0.2, 0.25) is 0 Å². The molecule has 7 heteroatoms. The van der Waals surface area contributed by atoms with Crippen molar-refractivity contribution in [2.45, 2.75) is 19.8 Å². The first-order valence-electron chi connectivity index (χ1n) is 11.7. The highest BCUT2D eigenvalue weighted by Gasteiger charge is 2.59. The van der Waals surface area contributed by atoms with Crippen LogP contribution in [0.25, 0.3) is 0 Å². The molecule has 0 aromatic heterocycles. The van der Waals surface area contributed by atoms with E-state index in [2.05, 4.69) is 12.2 Å². The second-order valence-electron chi connectivity index (χ2n) is 9.67. The van der Waals surface area contributed by atoms with E-state index in [1.807, 2.05) is 31.2 Å². The van der Waals surface area contributed by atoms with Gasteiger partial charge in [0.15, 0.2) is 0 Å². The largest absolute Gasteiger partial charge is 0.426 e. The lowest BCUT2D eigenvalue weighted by molar-refractivity contribution is -0.139. The molecule has 0 radical (unpaired) electrons. The molecular weight excluding hydrogens is 432 g/mol. The summed E-state index contributed by atoms with van der Waals surface area (Å²) in [5.41, 5.74) is 2.26. The molecule has 2 aliphatic carbocycles. The summed E-state index contributed by atoms with van der Waals surface area (Å²) in [5, 5.41) is 0. The Balaban J connectivity index is 1.16. The second kappa shape index (κ2) is 7.65. The number of imide groups is 1. The van der Waals surface area contributed by atoms with E-state index in [1.54, 1.807) is 29.2 Å². The van der Waals surface area contributed by atoms with E-state index < -0.39 is 11.9 Å². The Labute approximate surface area is 197 Å². The molecule has 0 N–H and O–H groups in total. The molecule has 1 saturated carbocycles. The molecule has 2 saturated heterocycles. The van der Waals surface area contributed by atoms with Crippen molar-refractivity contribution in [1.29, 1.82) is 0 Å². The molecule has 7 nitrogen and oxygen atoms in total. The third-order valence-electron chi connectivity index (χ3n) is 7.57. The number of anilines is 2. The first-order valence-corrected chi connectivity index (χ1v) is 11.7. The average molecular weight is 456 g/mol. The third-order valence-corrected chi connectivity index (χ3v) is 7.57. The number of fused-ring (bicyclic) bond motifs is 5. The lowest BCUT2D eigenvalue weighted by atomic mass is 9.85. The number of aryl methyl sites for hydroxylation is 1. The molecule has 2 bridgehead atoms. The van der Waals surface area contributed by atoms with Crippen molar-refractivity contribution >= 4 is 35.1 Å². The summed E-state index contributed by atoms with van der Waals surface area (Å²) in [6, 6.07) is 14.1. The van der Waals surface area contributed by atoms with Crippen molar-refractivity contribution in [3.63, 3.8) is 0 Å². The number of nitrogens with zero attached hydrogens (tertiary/aromatic N) is 2. The zero-order chi connectivity index (χ0) is 23.6. The molecule has 2 aromatic rings. The van der Waals surface area contributed by atoms with Gasteiger partial charge in [0.1, 0.15) is 5.75 Å². The number of hydrogen-bond acceptors (Lipinski definition) is 5. The number of benzene rings is 2. The van der Waals surface area contributed by atoms with Crippen LogP contribution >= 0.6 is 0 Å². The van der Waals surface area contributed by atoms with E-state index in [0.29, 0.717) is 5.69 Å². The summed E-state index contributed by atoms with van der Waals surface area (Å²) < 4.78 is 5.59. The predicted octanol–water partition coefficient (Wildman–Crippen LogP) is 3.27. The molecule has 0 spiro atoms. The van der Waals surface area contributed by atoms with E-state index in [9.17, 15) is 19.2 Å². The van der Waals surface area contributed by atoms with E-state index >= 15 is 0 Å². The quantitative estimate of drug-likeness (QED) is 0.305. The van der Waals surface area contributed by atoms with Gasteiger partial charge in [-0.3, -0.25) is 19.2 Å². The van der Waals surface area contributed by atoms with E-state index in [-0.39, 0.29) is 60.1 Å². The van der Waals surface area contributed by atoms with Gasteiger partial charge in [0.25, 0.3) is 0 Å². The van der Waals surface area contributed by atoms with Gasteiger partial charge < -0.3 is 9.64 Å². The minimum absolute atomic E-state index is 0.0780. The van der Waals surface area contributed by atoms with Crippen molar-refractivity contribution in [2.75, 3.05) is 16.3 Å². The molecule has 2 aliphatic heterocycles. The van der Waals surface area contributed by atoms with Crippen molar-refractivity contribution < 1.29 is 23.9 Å². The normalized spacial score (nSPS) is 29.3. The van der Waals surface area contributed by atoms with Crippen LogP contribution < -0.4 is 14.5 Å². The molecule has 4 aliphatic rings. The zero-order valence-electron chi connectivity index (χ0n) is 18.7. The number of allylic oxidation sites excluding steroid dienone is 2. The Morgan fingerprint density at radius 3 is 2.26 bits per heavy atom. The molecule has 0 unspecified atom stereocenters. The summed E-state index contributed by atoms with van der Waals surface area (Å²) in [6.07, 6.45) is 5.07. The molecule has 5 atom stereocenters. The van der Waals surface area contributed by atoms with Gasteiger partial charge in [0.05, 0.1) is 23.4 Å². The van der Waals surface area contributed by atoms with Crippen molar-refractivity contribution in [1.82, 2.24) is 0 Å². The van der Waals surface area contributed by atoms with E-state index in [0.717, 1.165) is 17.7 Å². The highest BCUT2D eigenvalue weighted by molar-refractivity contribution is 6.22. The topological polar surface area (TPSA) is 84.0 Å². The summed E-state index contributed by atoms with van der Waals surface area (Å²) in [7, 11) is 0. The van der Waals surface area contributed by atoms with Gasteiger partial charge in [0, 0.05) is 24.7 Å². The monoisotopic (exact) mass is 456 g/mol. The van der Waals surface area contributed by atoms with Gasteiger partial charge in [-0.15, -0.1) is 0 Å². The zero-order valence-corrected chi connectivity index (χ0v) is 18.7. The Hall–Kier alpha value is -3.74. The van der Waals surface area contributed by atoms with Crippen LogP contribution in [0.1, 0.15) is 18.4 Å². The Kier molecular flexibility index (Phi) is 4.69. The first-order chi connectivity index (χ1) is 16.4. The van der Waals surface area contributed by atoms with Gasteiger partial charge >= 0.3 is 5.97 Å². The number of carbonyl (C=O) groups excluding carboxylic acids is 4. The minimum atomic E-state index is -0.589. The highest BCUT2D eigenvalue weighted by atomic mass is 16.5. The van der Waals surface area contributed by atoms with Crippen LogP contribution in [0, 0.1) is 36.5 Å². The van der Waals surface area contributed by atoms with Crippen molar-refractivity contribution in [2.24, 2.45) is 29.6 Å². The van der Waals surface area contributed by atoms with Crippen LogP contribution in [-0.4, -0.2) is 30.2 Å². The third kappa shape index (κ3) is 3.18. The van der Waals surface area contributed by atoms with Crippen LogP contribution in [0.5, 0.6) is 5.75 Å². The molecule has 2 aromatic carbocycles. The maximum atomic E-state index is 13.1. The van der Waals surface area contributed by atoms with Crippen molar-refractivity contribution in [3.8, 4) is 5.75 Å². The maximum absolute atomic E-state index is 13.1. The summed E-state index contributed by atoms with van der Waals surface area (Å²) in [4.78, 5) is 54.4. The van der Waals surface area contributed by atoms with Crippen LogP contribution in [-0.2, 0) is 19.2 Å². The number of hydrogen-bond donors (Lipinski definition) is 0. The lowest BCUT2D eigenvalue weighted by Crippen LogP contribution is -2.32. The number of amides is 3. The maximum Gasteiger partial charge on any atom is 0.316 e. The molecule has 172 valence electrons. The Morgan fingerprint density at radius 2 is 1.59 bits per heavy atom. The molecule has 3 fully saturated rings. The van der Waals surface area contributed by atoms with Gasteiger partial charge in [-0.2, -0.15) is 0 Å². The van der Waals surface area contributed by atoms with Gasteiger partial charge in [-0.1, -0.05) is 35.9 Å². The number of carbonyl (C=O) groups is 4. The van der Waals surface area contributed by atoms with Gasteiger partial charge in [-0.05, 0) is 49.4 Å². The second-order valence-corrected chi connectivity index (χ2v) is 9.67. The summed E-state index contributed by atoms with van der Waals surface area (Å²) in [6.45, 7) is 2.23. The van der Waals surface area contributed by atoms with Gasteiger partial charge in [0.2, 0.25) is 17.7 Å². The lowest BCUT2D eigenvalue weighted by Gasteiger charge is -2.18. The van der Waals surface area contributed by atoms with Gasteiger partial charge in [-0.25, -0.2) is 4.90 Å². The molecule has 34 heavy (non-hydrogen) atoms.